The van der Waals surface area contributed by atoms with Crippen molar-refractivity contribution in [3.63, 3.8) is 0 Å². The lowest BCUT2D eigenvalue weighted by Gasteiger charge is -2.33. The maximum atomic E-state index is 13.9. The molecule has 8 nitrogen and oxygen atoms in total. The van der Waals surface area contributed by atoms with Crippen molar-refractivity contribution in [3.05, 3.63) is 47.2 Å². The molecule has 0 radical (unpaired) electrons. The van der Waals surface area contributed by atoms with Gasteiger partial charge in [-0.1, -0.05) is 38.1 Å². The van der Waals surface area contributed by atoms with E-state index in [9.17, 15) is 18.0 Å². The van der Waals surface area contributed by atoms with Crippen molar-refractivity contribution in [1.82, 2.24) is 25.9 Å². The molecule has 2 aromatic rings. The van der Waals surface area contributed by atoms with Crippen LogP contribution in [0.25, 0.3) is 0 Å². The molecule has 190 valence electrons. The molecule has 0 aliphatic carbocycles. The van der Waals surface area contributed by atoms with E-state index in [1.165, 1.54) is 6.07 Å². The van der Waals surface area contributed by atoms with Gasteiger partial charge in [-0.15, -0.1) is 0 Å². The Hall–Kier alpha value is -2.86. The first kappa shape index (κ1) is 25.2. The standard InChI is InChI=1S/C23H29F3N6O2S/c1-13(2)14-5-7-15(8-6-14)17-10-19(23(24,25)26)32-20(28-17)11-18(31-32)21(33)29-30-22(35)27-12-16-4-3-9-34-16/h5-8,11,13,16-17,19,28H,3-4,9-10,12H2,1-2H3,(H,29,33)(H2,27,30,35)/t16-,17+,19+/m0/s1. The van der Waals surface area contributed by atoms with Crippen LogP contribution in [0.4, 0.5) is 19.0 Å². The van der Waals surface area contributed by atoms with Crippen LogP contribution in [0.15, 0.2) is 30.3 Å². The maximum absolute atomic E-state index is 13.9. The molecule has 0 unspecified atom stereocenters. The Kier molecular flexibility index (Phi) is 7.50. The molecule has 35 heavy (non-hydrogen) atoms. The predicted octanol–water partition coefficient (Wildman–Crippen LogP) is 3.95. The number of alkyl halides is 3. The number of anilines is 1. The fourth-order valence-electron chi connectivity index (χ4n) is 4.25. The number of halogens is 3. The molecule has 3 atom stereocenters. The predicted molar refractivity (Wildman–Crippen MR) is 129 cm³/mol. The van der Waals surface area contributed by atoms with Crippen molar-refractivity contribution >= 4 is 29.1 Å². The monoisotopic (exact) mass is 510 g/mol. The highest BCUT2D eigenvalue weighted by Crippen LogP contribution is 2.43. The molecular weight excluding hydrogens is 481 g/mol. The van der Waals surface area contributed by atoms with Crippen LogP contribution in [-0.2, 0) is 4.74 Å². The van der Waals surface area contributed by atoms with Crippen molar-refractivity contribution in [1.29, 1.82) is 0 Å². The number of nitrogens with zero attached hydrogens (tertiary/aromatic N) is 2. The van der Waals surface area contributed by atoms with Gasteiger partial charge in [-0.3, -0.25) is 15.6 Å². The van der Waals surface area contributed by atoms with E-state index in [0.29, 0.717) is 19.1 Å². The van der Waals surface area contributed by atoms with Gasteiger partial charge < -0.3 is 15.4 Å². The normalized spacial score (nSPS) is 21.8. The van der Waals surface area contributed by atoms with E-state index >= 15 is 0 Å². The minimum atomic E-state index is -4.53. The third kappa shape index (κ3) is 6.04. The summed E-state index contributed by atoms with van der Waals surface area (Å²) >= 11 is 5.13. The summed E-state index contributed by atoms with van der Waals surface area (Å²) in [5.74, 6) is -0.254. The number of carbonyl (C=O) groups is 1. The van der Waals surface area contributed by atoms with E-state index in [1.54, 1.807) is 0 Å². The van der Waals surface area contributed by atoms with E-state index < -0.39 is 24.2 Å². The van der Waals surface area contributed by atoms with Gasteiger partial charge in [0.05, 0.1) is 12.1 Å². The molecule has 0 bridgehead atoms. The number of fused-ring (bicyclic) bond motifs is 1. The van der Waals surface area contributed by atoms with Crippen LogP contribution in [0.3, 0.4) is 0 Å². The first-order valence-electron chi connectivity index (χ1n) is 11.6. The number of rotatable bonds is 5. The summed E-state index contributed by atoms with van der Waals surface area (Å²) in [5.41, 5.74) is 6.62. The highest BCUT2D eigenvalue weighted by Gasteiger charge is 2.46. The summed E-state index contributed by atoms with van der Waals surface area (Å²) in [6, 6.07) is 6.41. The zero-order valence-electron chi connectivity index (χ0n) is 19.5. The van der Waals surface area contributed by atoms with Crippen LogP contribution in [0.2, 0.25) is 0 Å². The average molecular weight is 511 g/mol. The van der Waals surface area contributed by atoms with Crippen molar-refractivity contribution in [2.75, 3.05) is 18.5 Å². The molecule has 1 fully saturated rings. The number of hydrogen-bond acceptors (Lipinski definition) is 5. The topological polar surface area (TPSA) is 92.2 Å². The second-order valence-corrected chi connectivity index (χ2v) is 9.50. The smallest absolute Gasteiger partial charge is 0.376 e. The number of aromatic nitrogens is 2. The van der Waals surface area contributed by atoms with E-state index in [1.807, 2.05) is 24.3 Å². The van der Waals surface area contributed by atoms with E-state index in [-0.39, 0.29) is 29.1 Å². The second-order valence-electron chi connectivity index (χ2n) is 9.09. The lowest BCUT2D eigenvalue weighted by Crippen LogP contribution is -2.48. The lowest BCUT2D eigenvalue weighted by atomic mass is 9.94. The molecule has 2 aliphatic rings. The number of nitrogens with one attached hydrogen (secondary N) is 4. The molecular formula is C23H29F3N6O2S. The number of hydrogen-bond donors (Lipinski definition) is 4. The molecule has 1 amide bonds. The van der Waals surface area contributed by atoms with Crippen LogP contribution in [0.1, 0.15) is 72.7 Å². The van der Waals surface area contributed by atoms with Crippen LogP contribution < -0.4 is 21.5 Å². The number of ether oxygens (including phenoxy) is 1. The number of benzene rings is 1. The van der Waals surface area contributed by atoms with Crippen LogP contribution in [0, 0.1) is 0 Å². The second kappa shape index (κ2) is 10.4. The fourth-order valence-corrected chi connectivity index (χ4v) is 4.38. The van der Waals surface area contributed by atoms with Gasteiger partial charge in [-0.25, -0.2) is 4.68 Å². The average Bonchev–Trinajstić information content (AvgIpc) is 3.49. The lowest BCUT2D eigenvalue weighted by molar-refractivity contribution is -0.173. The summed E-state index contributed by atoms with van der Waals surface area (Å²) in [4.78, 5) is 12.6. The molecule has 0 saturated carbocycles. The fraction of sp³-hybridized carbons (Fsp3) is 0.522. The number of hydrazine groups is 1. The van der Waals surface area contributed by atoms with Crippen LogP contribution in [-0.4, -0.2) is 46.2 Å². The summed E-state index contributed by atoms with van der Waals surface area (Å²) in [5, 5.41) is 10.2. The Balaban J connectivity index is 1.44. The van der Waals surface area contributed by atoms with Gasteiger partial charge in [0.25, 0.3) is 5.91 Å². The van der Waals surface area contributed by atoms with E-state index in [2.05, 4.69) is 40.4 Å². The van der Waals surface area contributed by atoms with Crippen molar-refractivity contribution in [3.8, 4) is 0 Å². The minimum Gasteiger partial charge on any atom is -0.376 e. The molecule has 2 aliphatic heterocycles. The maximum Gasteiger partial charge on any atom is 0.410 e. The van der Waals surface area contributed by atoms with Crippen molar-refractivity contribution < 1.29 is 22.7 Å². The third-order valence-corrected chi connectivity index (χ3v) is 6.48. The van der Waals surface area contributed by atoms with E-state index in [0.717, 1.165) is 28.7 Å². The van der Waals surface area contributed by atoms with Gasteiger partial charge >= 0.3 is 6.18 Å². The summed E-state index contributed by atoms with van der Waals surface area (Å²) in [6.07, 6.45) is -2.79. The summed E-state index contributed by atoms with van der Waals surface area (Å²) < 4.78 is 48.1. The molecule has 4 rings (SSSR count). The zero-order valence-corrected chi connectivity index (χ0v) is 20.3. The molecule has 4 N–H and O–H groups in total. The third-order valence-electron chi connectivity index (χ3n) is 6.23. The largest absolute Gasteiger partial charge is 0.410 e. The Bertz CT molecular complexity index is 1050. The van der Waals surface area contributed by atoms with Gasteiger partial charge in [-0.2, -0.15) is 18.3 Å². The first-order valence-corrected chi connectivity index (χ1v) is 12.0. The summed E-state index contributed by atoms with van der Waals surface area (Å²) in [6.45, 7) is 5.32. The number of amides is 1. The molecule has 1 aromatic carbocycles. The highest BCUT2D eigenvalue weighted by molar-refractivity contribution is 7.80. The van der Waals surface area contributed by atoms with Gasteiger partial charge in [0, 0.05) is 25.6 Å². The zero-order chi connectivity index (χ0) is 25.2. The van der Waals surface area contributed by atoms with Crippen molar-refractivity contribution in [2.24, 2.45) is 0 Å². The van der Waals surface area contributed by atoms with Crippen molar-refractivity contribution in [2.45, 2.75) is 63.4 Å². The van der Waals surface area contributed by atoms with Crippen LogP contribution in [0.5, 0.6) is 0 Å². The Morgan fingerprint density at radius 2 is 2.03 bits per heavy atom. The summed E-state index contributed by atoms with van der Waals surface area (Å²) in [7, 11) is 0. The quantitative estimate of drug-likeness (QED) is 0.358. The van der Waals surface area contributed by atoms with E-state index in [4.69, 9.17) is 17.0 Å². The first-order chi connectivity index (χ1) is 16.6. The molecule has 0 spiro atoms. The Morgan fingerprint density at radius 3 is 2.66 bits per heavy atom. The number of carbonyl (C=O) groups excluding carboxylic acids is 1. The number of thiocarbonyl (C=S) groups is 1. The van der Waals surface area contributed by atoms with Gasteiger partial charge in [0.1, 0.15) is 5.82 Å². The van der Waals surface area contributed by atoms with Gasteiger partial charge in [0.2, 0.25) is 0 Å². The molecule has 3 heterocycles. The Morgan fingerprint density at radius 1 is 1.29 bits per heavy atom. The molecule has 1 aromatic heterocycles. The minimum absolute atomic E-state index is 0.0604. The molecule has 1 saturated heterocycles. The Labute approximate surface area is 206 Å². The van der Waals surface area contributed by atoms with Crippen LogP contribution >= 0.6 is 12.2 Å². The molecule has 12 heteroatoms. The van der Waals surface area contributed by atoms with Gasteiger partial charge in [-0.05, 0) is 42.1 Å². The van der Waals surface area contributed by atoms with Gasteiger partial charge in [0.15, 0.2) is 16.8 Å². The highest BCUT2D eigenvalue weighted by atomic mass is 32.1. The SMILES string of the molecule is CC(C)c1ccc([C@H]2C[C@H](C(F)(F)F)n3nc(C(=O)NNC(=S)NC[C@@H]4CCCO4)cc3N2)cc1.